The highest BCUT2D eigenvalue weighted by Crippen LogP contribution is 2.34. The fourth-order valence-electron chi connectivity index (χ4n) is 3.77. The van der Waals surface area contributed by atoms with E-state index in [1.807, 2.05) is 30.7 Å². The van der Waals surface area contributed by atoms with Crippen LogP contribution in [0.5, 0.6) is 0 Å². The maximum absolute atomic E-state index is 13.1. The number of halogens is 3. The van der Waals surface area contributed by atoms with Gasteiger partial charge in [-0.15, -0.1) is 0 Å². The molecule has 2 amide bonds. The number of benzene rings is 1. The number of nitrogens with one attached hydrogen (secondary N) is 1. The Bertz CT molecular complexity index is 964. The van der Waals surface area contributed by atoms with E-state index in [-0.39, 0.29) is 24.7 Å². The van der Waals surface area contributed by atoms with Gasteiger partial charge in [-0.05, 0) is 33.0 Å². The number of amides is 2. The van der Waals surface area contributed by atoms with Gasteiger partial charge in [-0.25, -0.2) is 0 Å². The summed E-state index contributed by atoms with van der Waals surface area (Å²) in [4.78, 5) is 30.4. The molecule has 2 aromatic rings. The first-order valence-corrected chi connectivity index (χ1v) is 10.6. The molecule has 1 fully saturated rings. The number of aryl methyl sites for hydroxylation is 2. The van der Waals surface area contributed by atoms with E-state index in [4.69, 9.17) is 4.52 Å². The van der Waals surface area contributed by atoms with E-state index in [1.54, 1.807) is 4.90 Å². The lowest BCUT2D eigenvalue weighted by atomic mass is 10.1. The zero-order chi connectivity index (χ0) is 24.2. The molecule has 0 saturated carbocycles. The molecule has 1 aliphatic heterocycles. The predicted molar refractivity (Wildman–Crippen MR) is 115 cm³/mol. The number of piperazine rings is 1. The zero-order valence-corrected chi connectivity index (χ0v) is 18.9. The van der Waals surface area contributed by atoms with Crippen molar-refractivity contribution in [1.29, 1.82) is 0 Å². The molecule has 180 valence electrons. The molecular formula is C22H28F3N5O3. The highest BCUT2D eigenvalue weighted by molar-refractivity contribution is 5.93. The lowest BCUT2D eigenvalue weighted by Crippen LogP contribution is -2.52. The molecule has 0 atom stereocenters. The van der Waals surface area contributed by atoms with Crippen LogP contribution in [0.25, 0.3) is 0 Å². The van der Waals surface area contributed by atoms with Crippen LogP contribution in [0.15, 0.2) is 28.8 Å². The summed E-state index contributed by atoms with van der Waals surface area (Å²) in [6, 6.07) is 4.89. The predicted octanol–water partition coefficient (Wildman–Crippen LogP) is 2.52. The van der Waals surface area contributed by atoms with Crippen molar-refractivity contribution in [3.05, 3.63) is 46.8 Å². The topological polar surface area (TPSA) is 81.9 Å². The van der Waals surface area contributed by atoms with Crippen LogP contribution in [-0.4, -0.2) is 78.0 Å². The zero-order valence-electron chi connectivity index (χ0n) is 18.9. The van der Waals surface area contributed by atoms with E-state index < -0.39 is 17.6 Å². The Hall–Kier alpha value is -2.92. The monoisotopic (exact) mass is 467 g/mol. The standard InChI is InChI=1S/C22H28F3N5O3/c1-15-17(16(2)33-27-15)12-28(3)14-21(32)30-10-8-29(9-11-30)13-20(31)26-19-7-5-4-6-18(19)22(23,24)25/h4-7H,8-14H2,1-3H3,(H,26,31). The maximum Gasteiger partial charge on any atom is 0.418 e. The van der Waals surface area contributed by atoms with Gasteiger partial charge in [-0.1, -0.05) is 17.3 Å². The second-order valence-corrected chi connectivity index (χ2v) is 8.22. The Balaban J connectivity index is 1.45. The van der Waals surface area contributed by atoms with Crippen LogP contribution in [0.3, 0.4) is 0 Å². The third kappa shape index (κ3) is 6.55. The molecule has 1 aromatic heterocycles. The Morgan fingerprint density at radius 1 is 1.15 bits per heavy atom. The van der Waals surface area contributed by atoms with Gasteiger partial charge in [0.05, 0.1) is 30.0 Å². The largest absolute Gasteiger partial charge is 0.418 e. The van der Waals surface area contributed by atoms with E-state index in [9.17, 15) is 22.8 Å². The number of anilines is 1. The number of para-hydroxylation sites is 1. The van der Waals surface area contributed by atoms with Gasteiger partial charge in [0.1, 0.15) is 5.76 Å². The molecule has 0 spiro atoms. The third-order valence-electron chi connectivity index (χ3n) is 5.61. The van der Waals surface area contributed by atoms with Crippen LogP contribution in [0.1, 0.15) is 22.6 Å². The second-order valence-electron chi connectivity index (χ2n) is 8.22. The number of alkyl halides is 3. The van der Waals surface area contributed by atoms with Crippen LogP contribution in [0.2, 0.25) is 0 Å². The Labute approximate surface area is 190 Å². The number of rotatable bonds is 7. The first kappa shape index (κ1) is 24.7. The summed E-state index contributed by atoms with van der Waals surface area (Å²) in [5, 5.41) is 6.28. The van der Waals surface area contributed by atoms with Crippen molar-refractivity contribution in [2.75, 3.05) is 51.6 Å². The summed E-state index contributed by atoms with van der Waals surface area (Å²) in [5.74, 6) is 0.190. The van der Waals surface area contributed by atoms with Crippen LogP contribution in [0.4, 0.5) is 18.9 Å². The van der Waals surface area contributed by atoms with Gasteiger partial charge < -0.3 is 14.7 Å². The smallest absolute Gasteiger partial charge is 0.361 e. The van der Waals surface area contributed by atoms with Gasteiger partial charge in [0.25, 0.3) is 0 Å². The Morgan fingerprint density at radius 2 is 1.82 bits per heavy atom. The highest BCUT2D eigenvalue weighted by Gasteiger charge is 2.33. The molecule has 0 unspecified atom stereocenters. The molecule has 0 aliphatic carbocycles. The first-order valence-electron chi connectivity index (χ1n) is 10.6. The van der Waals surface area contributed by atoms with Crippen LogP contribution in [0, 0.1) is 13.8 Å². The molecule has 1 saturated heterocycles. The number of carbonyl (C=O) groups is 2. The minimum Gasteiger partial charge on any atom is -0.361 e. The van der Waals surface area contributed by atoms with Gasteiger partial charge in [-0.2, -0.15) is 13.2 Å². The van der Waals surface area contributed by atoms with Crippen molar-refractivity contribution < 1.29 is 27.3 Å². The van der Waals surface area contributed by atoms with Gasteiger partial charge in [0.2, 0.25) is 11.8 Å². The summed E-state index contributed by atoms with van der Waals surface area (Å²) >= 11 is 0. The van der Waals surface area contributed by atoms with Crippen molar-refractivity contribution in [2.24, 2.45) is 0 Å². The molecule has 3 rings (SSSR count). The average Bonchev–Trinajstić information content (AvgIpc) is 3.05. The van der Waals surface area contributed by atoms with Gasteiger partial charge in [-0.3, -0.25) is 19.4 Å². The molecule has 1 aromatic carbocycles. The molecular weight excluding hydrogens is 439 g/mol. The summed E-state index contributed by atoms with van der Waals surface area (Å²) in [6.45, 7) is 6.27. The Morgan fingerprint density at radius 3 is 2.42 bits per heavy atom. The van der Waals surface area contributed by atoms with E-state index in [0.29, 0.717) is 32.7 Å². The molecule has 0 radical (unpaired) electrons. The molecule has 2 heterocycles. The van der Waals surface area contributed by atoms with Crippen molar-refractivity contribution >= 4 is 17.5 Å². The van der Waals surface area contributed by atoms with E-state index >= 15 is 0 Å². The van der Waals surface area contributed by atoms with Gasteiger partial charge >= 0.3 is 6.18 Å². The van der Waals surface area contributed by atoms with Crippen molar-refractivity contribution in [3.63, 3.8) is 0 Å². The fraction of sp³-hybridized carbons (Fsp3) is 0.500. The van der Waals surface area contributed by atoms with E-state index in [1.165, 1.54) is 18.2 Å². The summed E-state index contributed by atoms with van der Waals surface area (Å²) < 4.78 is 44.5. The van der Waals surface area contributed by atoms with Crippen molar-refractivity contribution in [1.82, 2.24) is 19.9 Å². The number of aromatic nitrogens is 1. The summed E-state index contributed by atoms with van der Waals surface area (Å²) in [5.41, 5.74) is 0.629. The lowest BCUT2D eigenvalue weighted by Gasteiger charge is -2.35. The molecule has 33 heavy (non-hydrogen) atoms. The van der Waals surface area contributed by atoms with Gasteiger partial charge in [0.15, 0.2) is 0 Å². The van der Waals surface area contributed by atoms with Gasteiger partial charge in [0, 0.05) is 38.3 Å². The minimum absolute atomic E-state index is 0.0209. The van der Waals surface area contributed by atoms with Crippen LogP contribution in [-0.2, 0) is 22.3 Å². The molecule has 11 heteroatoms. The molecule has 1 N–H and O–H groups in total. The summed E-state index contributed by atoms with van der Waals surface area (Å²) in [7, 11) is 1.85. The Kier molecular flexibility index (Phi) is 7.75. The molecule has 0 bridgehead atoms. The number of likely N-dealkylation sites (N-methyl/N-ethyl adjacent to an activating group) is 1. The third-order valence-corrected chi connectivity index (χ3v) is 5.61. The van der Waals surface area contributed by atoms with E-state index in [0.717, 1.165) is 23.1 Å². The summed E-state index contributed by atoms with van der Waals surface area (Å²) in [6.07, 6.45) is -4.55. The molecule has 8 nitrogen and oxygen atoms in total. The van der Waals surface area contributed by atoms with Crippen LogP contribution >= 0.6 is 0 Å². The second kappa shape index (κ2) is 10.3. The number of carbonyl (C=O) groups excluding carboxylic acids is 2. The first-order chi connectivity index (χ1) is 15.5. The number of hydrogen-bond donors (Lipinski definition) is 1. The number of nitrogens with zero attached hydrogens (tertiary/aromatic N) is 4. The van der Waals surface area contributed by atoms with Crippen LogP contribution < -0.4 is 5.32 Å². The molecule has 1 aliphatic rings. The fourth-order valence-corrected chi connectivity index (χ4v) is 3.77. The maximum atomic E-state index is 13.1. The highest BCUT2D eigenvalue weighted by atomic mass is 19.4. The average molecular weight is 467 g/mol. The normalized spacial score (nSPS) is 15.2. The SMILES string of the molecule is Cc1noc(C)c1CN(C)CC(=O)N1CCN(CC(=O)Nc2ccccc2C(F)(F)F)CC1. The number of hydrogen-bond acceptors (Lipinski definition) is 6. The van der Waals surface area contributed by atoms with Crippen molar-refractivity contribution in [3.8, 4) is 0 Å². The van der Waals surface area contributed by atoms with Crippen molar-refractivity contribution in [2.45, 2.75) is 26.6 Å². The van der Waals surface area contributed by atoms with E-state index in [2.05, 4.69) is 10.5 Å². The minimum atomic E-state index is -4.55. The quantitative estimate of drug-likeness (QED) is 0.674. The lowest BCUT2D eigenvalue weighted by molar-refractivity contribution is -0.137.